The smallest absolute Gasteiger partial charge is 0.271 e. The topological polar surface area (TPSA) is 48.5 Å². The van der Waals surface area contributed by atoms with E-state index < -0.39 is 0 Å². The van der Waals surface area contributed by atoms with Crippen LogP contribution in [0.2, 0.25) is 10.0 Å². The summed E-state index contributed by atoms with van der Waals surface area (Å²) in [5, 5.41) is 2.29. The number of fused-ring (bicyclic) bond motifs is 4. The summed E-state index contributed by atoms with van der Waals surface area (Å²) in [5.41, 5.74) is 8.54. The Balaban J connectivity index is 1.31. The predicted octanol–water partition coefficient (Wildman–Crippen LogP) is 7.64. The fourth-order valence-electron chi connectivity index (χ4n) is 6.63. The van der Waals surface area contributed by atoms with Crippen molar-refractivity contribution in [2.45, 2.75) is 25.4 Å². The molecule has 0 N–H and O–H groups in total. The number of aryl methyl sites for hydroxylation is 1. The molecule has 0 unspecified atom stereocenters. The zero-order valence-corrected chi connectivity index (χ0v) is 26.7. The van der Waals surface area contributed by atoms with E-state index in [1.165, 1.54) is 16.9 Å². The fourth-order valence-corrected chi connectivity index (χ4v) is 8.09. The average Bonchev–Trinajstić information content (AvgIpc) is 3.57. The van der Waals surface area contributed by atoms with Gasteiger partial charge in [0.2, 0.25) is 0 Å². The van der Waals surface area contributed by atoms with Crippen molar-refractivity contribution in [3.8, 4) is 5.75 Å². The first-order valence-corrected chi connectivity index (χ1v) is 16.3. The molecule has 8 heteroatoms. The molecule has 0 saturated heterocycles. The van der Waals surface area contributed by atoms with Crippen molar-refractivity contribution in [1.29, 1.82) is 0 Å². The fraction of sp³-hybridized carbons (Fsp3) is 0.135. The number of benzene rings is 4. The van der Waals surface area contributed by atoms with E-state index in [1.807, 2.05) is 53.1 Å². The monoisotopic (exact) mass is 647 g/mol. The van der Waals surface area contributed by atoms with Crippen molar-refractivity contribution in [1.82, 2.24) is 9.13 Å². The minimum absolute atomic E-state index is 0.0467. The lowest BCUT2D eigenvalue weighted by atomic mass is 9.83. The first-order valence-electron chi connectivity index (χ1n) is 14.8. The molecule has 2 aromatic heterocycles. The number of hydrogen-bond donors (Lipinski definition) is 0. The van der Waals surface area contributed by atoms with Gasteiger partial charge in [-0.1, -0.05) is 95.2 Å². The molecule has 8 rings (SSSR count). The van der Waals surface area contributed by atoms with Crippen LogP contribution in [-0.2, 0) is 13.0 Å². The van der Waals surface area contributed by atoms with E-state index in [0.29, 0.717) is 25.9 Å². The number of ether oxygens (including phenoxy) is 1. The zero-order valence-electron chi connectivity index (χ0n) is 24.3. The van der Waals surface area contributed by atoms with Gasteiger partial charge in [0.15, 0.2) is 4.80 Å². The molecule has 1 aliphatic heterocycles. The summed E-state index contributed by atoms with van der Waals surface area (Å²) in [7, 11) is 1.67. The van der Waals surface area contributed by atoms with Crippen LogP contribution < -0.4 is 19.6 Å². The molecule has 0 bridgehead atoms. The molecule has 2 aliphatic rings. The van der Waals surface area contributed by atoms with Crippen molar-refractivity contribution in [3.63, 3.8) is 0 Å². The van der Waals surface area contributed by atoms with Crippen LogP contribution in [0.5, 0.6) is 5.75 Å². The third-order valence-corrected chi connectivity index (χ3v) is 10.3. The van der Waals surface area contributed by atoms with Crippen LogP contribution in [0.25, 0.3) is 22.7 Å². The molecule has 1 atom stereocenters. The molecular weight excluding hydrogens is 621 g/mol. The van der Waals surface area contributed by atoms with Gasteiger partial charge in [0, 0.05) is 44.8 Å². The van der Waals surface area contributed by atoms with Gasteiger partial charge in [-0.25, -0.2) is 4.99 Å². The van der Waals surface area contributed by atoms with Crippen LogP contribution in [0.4, 0.5) is 0 Å². The van der Waals surface area contributed by atoms with E-state index in [4.69, 9.17) is 32.9 Å². The second kappa shape index (κ2) is 11.2. The maximum absolute atomic E-state index is 14.4. The van der Waals surface area contributed by atoms with E-state index in [0.717, 1.165) is 63.0 Å². The molecule has 6 aromatic rings. The summed E-state index contributed by atoms with van der Waals surface area (Å²) < 4.78 is 10.3. The summed E-state index contributed by atoms with van der Waals surface area (Å²) in [4.78, 5) is 20.2. The Labute approximate surface area is 273 Å². The number of nitrogens with zero attached hydrogens (tertiary/aromatic N) is 3. The van der Waals surface area contributed by atoms with Crippen LogP contribution in [0, 0.1) is 0 Å². The summed E-state index contributed by atoms with van der Waals surface area (Å²) in [6.07, 6.45) is 5.84. The lowest BCUT2D eigenvalue weighted by Gasteiger charge is -2.31. The van der Waals surface area contributed by atoms with E-state index >= 15 is 0 Å². The Morgan fingerprint density at radius 1 is 0.978 bits per heavy atom. The third kappa shape index (κ3) is 4.85. The second-order valence-corrected chi connectivity index (χ2v) is 13.2. The lowest BCUT2D eigenvalue weighted by molar-refractivity contribution is 0.413. The molecule has 222 valence electrons. The Morgan fingerprint density at radius 2 is 1.82 bits per heavy atom. The summed E-state index contributed by atoms with van der Waals surface area (Å²) >= 11 is 14.1. The van der Waals surface area contributed by atoms with E-state index in [9.17, 15) is 4.79 Å². The molecule has 0 radical (unpaired) electrons. The Kier molecular flexibility index (Phi) is 7.01. The number of methoxy groups -OCH3 is 1. The van der Waals surface area contributed by atoms with Gasteiger partial charge < -0.3 is 9.30 Å². The van der Waals surface area contributed by atoms with Crippen LogP contribution >= 0.6 is 34.5 Å². The normalized spacial score (nSPS) is 15.9. The number of rotatable bonds is 5. The minimum Gasteiger partial charge on any atom is -0.497 e. The largest absolute Gasteiger partial charge is 0.497 e. The minimum atomic E-state index is -0.268. The molecule has 0 spiro atoms. The van der Waals surface area contributed by atoms with Gasteiger partial charge >= 0.3 is 0 Å². The molecule has 1 aliphatic carbocycles. The van der Waals surface area contributed by atoms with Gasteiger partial charge in [-0.05, 0) is 71.5 Å². The van der Waals surface area contributed by atoms with Gasteiger partial charge in [0.25, 0.3) is 5.56 Å². The highest BCUT2D eigenvalue weighted by Crippen LogP contribution is 2.41. The maximum atomic E-state index is 14.4. The van der Waals surface area contributed by atoms with E-state index in [1.54, 1.807) is 13.2 Å². The highest BCUT2D eigenvalue weighted by molar-refractivity contribution is 7.07. The van der Waals surface area contributed by atoms with E-state index in [2.05, 4.69) is 53.2 Å². The van der Waals surface area contributed by atoms with E-state index in [-0.39, 0.29) is 11.6 Å². The summed E-state index contributed by atoms with van der Waals surface area (Å²) in [6.45, 7) is 0.577. The number of aromatic nitrogens is 2. The van der Waals surface area contributed by atoms with Gasteiger partial charge in [-0.3, -0.25) is 9.36 Å². The van der Waals surface area contributed by atoms with Gasteiger partial charge in [-0.15, -0.1) is 0 Å². The number of halogens is 2. The first kappa shape index (κ1) is 28.1. The number of thiazole rings is 1. The van der Waals surface area contributed by atoms with Gasteiger partial charge in [0.1, 0.15) is 5.75 Å². The standard InChI is InChI=1S/C37H27Cl2N3O2S/c1-44-27-9-6-8-23(17-27)35-30-16-14-22-7-2-3-11-29(22)34(30)40-37-42(35)36(43)33(45-37)18-25-21-41(32-12-5-4-10-28(25)32)20-24-13-15-26(38)19-31(24)39/h2-13,15,17-19,21,35H,14,16,20H2,1H3/b33-18+/t35-/m0/s1. The van der Waals surface area contributed by atoms with Crippen LogP contribution in [-0.4, -0.2) is 16.2 Å². The average molecular weight is 649 g/mol. The van der Waals surface area contributed by atoms with Crippen LogP contribution in [0.1, 0.15) is 40.3 Å². The molecule has 4 aromatic carbocycles. The SMILES string of the molecule is COc1cccc([C@H]2C3=C(N=c4s/c(=C/c5cn(Cc6ccc(Cl)cc6Cl)c6ccccc56)c(=O)n42)c2ccccc2CC3)c1. The lowest BCUT2D eigenvalue weighted by Crippen LogP contribution is -2.38. The molecule has 0 fully saturated rings. The van der Waals surface area contributed by atoms with Crippen LogP contribution in [0.3, 0.4) is 0 Å². The highest BCUT2D eigenvalue weighted by Gasteiger charge is 2.32. The summed E-state index contributed by atoms with van der Waals surface area (Å²) in [5.74, 6) is 0.763. The molecule has 0 amide bonds. The Morgan fingerprint density at radius 3 is 2.69 bits per heavy atom. The highest BCUT2D eigenvalue weighted by atomic mass is 35.5. The molecule has 0 saturated carbocycles. The third-order valence-electron chi connectivity index (χ3n) is 8.74. The first-order chi connectivity index (χ1) is 22.0. The predicted molar refractivity (Wildman–Crippen MR) is 183 cm³/mol. The van der Waals surface area contributed by atoms with Crippen molar-refractivity contribution in [2.75, 3.05) is 7.11 Å². The van der Waals surface area contributed by atoms with Crippen LogP contribution in [0.15, 0.2) is 113 Å². The number of hydrogen-bond acceptors (Lipinski definition) is 4. The maximum Gasteiger partial charge on any atom is 0.271 e. The summed E-state index contributed by atoms with van der Waals surface area (Å²) in [6, 6.07) is 30.0. The quantitative estimate of drug-likeness (QED) is 0.193. The molecule has 5 nitrogen and oxygen atoms in total. The van der Waals surface area contributed by atoms with Crippen molar-refractivity contribution >= 4 is 57.2 Å². The van der Waals surface area contributed by atoms with Gasteiger partial charge in [0.05, 0.1) is 23.4 Å². The zero-order chi connectivity index (χ0) is 30.7. The Hall–Kier alpha value is -4.36. The molecule has 45 heavy (non-hydrogen) atoms. The molecule has 3 heterocycles. The van der Waals surface area contributed by atoms with Gasteiger partial charge in [-0.2, -0.15) is 0 Å². The number of allylic oxidation sites excluding steroid dienone is 1. The van der Waals surface area contributed by atoms with Crippen molar-refractivity contribution < 1.29 is 4.74 Å². The molecular formula is C37H27Cl2N3O2S. The van der Waals surface area contributed by atoms with Crippen molar-refractivity contribution in [3.05, 3.63) is 160 Å². The Bertz CT molecular complexity index is 2370. The van der Waals surface area contributed by atoms with Crippen molar-refractivity contribution in [2.24, 2.45) is 4.99 Å². The second-order valence-electron chi connectivity index (χ2n) is 11.4. The number of para-hydroxylation sites is 1.